The van der Waals surface area contributed by atoms with Crippen molar-refractivity contribution >= 4 is 23.2 Å². The van der Waals surface area contributed by atoms with Crippen molar-refractivity contribution in [2.45, 2.75) is 33.1 Å². The third-order valence-corrected chi connectivity index (χ3v) is 6.29. The predicted molar refractivity (Wildman–Crippen MR) is 113 cm³/mol. The second-order valence-corrected chi connectivity index (χ2v) is 8.21. The van der Waals surface area contributed by atoms with E-state index < -0.39 is 0 Å². The van der Waals surface area contributed by atoms with E-state index in [4.69, 9.17) is 0 Å². The van der Waals surface area contributed by atoms with Gasteiger partial charge in [0.15, 0.2) is 0 Å². The van der Waals surface area contributed by atoms with Gasteiger partial charge in [-0.05, 0) is 42.3 Å². The number of anilines is 1. The van der Waals surface area contributed by atoms with Gasteiger partial charge in [-0.2, -0.15) is 4.68 Å². The number of aryl methyl sites for hydroxylation is 2. The molecule has 152 valence electrons. The number of para-hydroxylation sites is 1. The highest BCUT2D eigenvalue weighted by Gasteiger charge is 2.27. The minimum atomic E-state index is 0.0880. The molecule has 8 nitrogen and oxygen atoms in total. The van der Waals surface area contributed by atoms with Gasteiger partial charge < -0.3 is 9.80 Å². The monoisotopic (exact) mass is 411 g/mol. The van der Waals surface area contributed by atoms with Crippen molar-refractivity contribution in [3.63, 3.8) is 0 Å². The molecule has 2 aromatic heterocycles. The van der Waals surface area contributed by atoms with Crippen LogP contribution in [0.3, 0.4) is 0 Å². The Morgan fingerprint density at radius 2 is 1.90 bits per heavy atom. The maximum atomic E-state index is 13.0. The van der Waals surface area contributed by atoms with Gasteiger partial charge in [-0.1, -0.05) is 36.6 Å². The number of piperazine rings is 1. The van der Waals surface area contributed by atoms with Gasteiger partial charge in [0.2, 0.25) is 5.95 Å². The van der Waals surface area contributed by atoms with Crippen LogP contribution in [0.2, 0.25) is 0 Å². The first-order valence-electron chi connectivity index (χ1n) is 10.0. The molecule has 0 N–H and O–H groups in total. The summed E-state index contributed by atoms with van der Waals surface area (Å²) in [5, 5.41) is 13.2. The van der Waals surface area contributed by atoms with E-state index in [0.717, 1.165) is 40.5 Å². The van der Waals surface area contributed by atoms with Crippen LogP contribution in [0.5, 0.6) is 0 Å². The number of tetrazole rings is 1. The van der Waals surface area contributed by atoms with Gasteiger partial charge in [-0.3, -0.25) is 4.79 Å². The van der Waals surface area contributed by atoms with Crippen LogP contribution < -0.4 is 4.90 Å². The zero-order valence-electron chi connectivity index (χ0n) is 16.8. The molecular formula is C20H25N7OS. The largest absolute Gasteiger partial charge is 0.336 e. The summed E-state index contributed by atoms with van der Waals surface area (Å²) in [6.07, 6.45) is 3.19. The highest BCUT2D eigenvalue weighted by molar-refractivity contribution is 7.13. The molecule has 1 aromatic carbocycles. The standard InChI is InChI=1S/C20H25N7OS/c1-3-4-10-17-21-15(2)18(29-17)19(28)25-11-13-26(14-12-25)20-22-23-24-27(20)16-8-6-5-7-9-16/h5-9H,3-4,10-14H2,1-2H3. The van der Waals surface area contributed by atoms with Crippen molar-refractivity contribution in [3.8, 4) is 5.69 Å². The molecule has 0 atom stereocenters. The van der Waals surface area contributed by atoms with Crippen molar-refractivity contribution in [2.75, 3.05) is 31.1 Å². The van der Waals surface area contributed by atoms with Crippen molar-refractivity contribution in [1.29, 1.82) is 0 Å². The van der Waals surface area contributed by atoms with Crippen molar-refractivity contribution < 1.29 is 4.79 Å². The van der Waals surface area contributed by atoms with Crippen molar-refractivity contribution in [2.24, 2.45) is 0 Å². The summed E-state index contributed by atoms with van der Waals surface area (Å²) in [7, 11) is 0. The first kappa shape index (κ1) is 19.5. The summed E-state index contributed by atoms with van der Waals surface area (Å²) in [5.74, 6) is 0.796. The summed E-state index contributed by atoms with van der Waals surface area (Å²) < 4.78 is 1.74. The summed E-state index contributed by atoms with van der Waals surface area (Å²) >= 11 is 1.55. The van der Waals surface area contributed by atoms with E-state index in [-0.39, 0.29) is 5.91 Å². The summed E-state index contributed by atoms with van der Waals surface area (Å²) in [6, 6.07) is 9.84. The number of unbranched alkanes of at least 4 members (excludes halogenated alkanes) is 1. The molecule has 1 amide bonds. The molecule has 1 saturated heterocycles. The Morgan fingerprint density at radius 3 is 2.62 bits per heavy atom. The number of aromatic nitrogens is 5. The van der Waals surface area contributed by atoms with Gasteiger partial charge in [0.1, 0.15) is 4.88 Å². The fourth-order valence-corrected chi connectivity index (χ4v) is 4.53. The SMILES string of the molecule is CCCCc1nc(C)c(C(=O)N2CCN(c3nnnn3-c3ccccc3)CC2)s1. The Labute approximate surface area is 174 Å². The second-order valence-electron chi connectivity index (χ2n) is 7.13. The summed E-state index contributed by atoms with van der Waals surface area (Å²) in [5.41, 5.74) is 1.77. The normalized spacial score (nSPS) is 14.4. The highest BCUT2D eigenvalue weighted by atomic mass is 32.1. The van der Waals surface area contributed by atoms with Gasteiger partial charge in [0.25, 0.3) is 5.91 Å². The van der Waals surface area contributed by atoms with Crippen LogP contribution in [0.4, 0.5) is 5.95 Å². The van der Waals surface area contributed by atoms with Gasteiger partial charge >= 0.3 is 0 Å². The molecule has 9 heteroatoms. The Morgan fingerprint density at radius 1 is 1.14 bits per heavy atom. The van der Waals surface area contributed by atoms with E-state index in [1.807, 2.05) is 42.2 Å². The number of benzene rings is 1. The van der Waals surface area contributed by atoms with E-state index in [1.54, 1.807) is 16.0 Å². The lowest BCUT2D eigenvalue weighted by atomic mass is 10.2. The molecule has 4 rings (SSSR count). The average molecular weight is 412 g/mol. The number of rotatable bonds is 6. The zero-order chi connectivity index (χ0) is 20.2. The smallest absolute Gasteiger partial charge is 0.265 e. The fourth-order valence-electron chi connectivity index (χ4n) is 3.45. The number of nitrogens with zero attached hydrogens (tertiary/aromatic N) is 7. The van der Waals surface area contributed by atoms with Gasteiger partial charge in [-0.25, -0.2) is 4.98 Å². The lowest BCUT2D eigenvalue weighted by Crippen LogP contribution is -2.49. The maximum absolute atomic E-state index is 13.0. The first-order valence-corrected chi connectivity index (χ1v) is 10.8. The van der Waals surface area contributed by atoms with E-state index in [0.29, 0.717) is 32.1 Å². The quantitative estimate of drug-likeness (QED) is 0.620. The average Bonchev–Trinajstić information content (AvgIpc) is 3.39. The zero-order valence-corrected chi connectivity index (χ0v) is 17.6. The number of amides is 1. The molecule has 0 saturated carbocycles. The summed E-state index contributed by atoms with van der Waals surface area (Å²) in [4.78, 5) is 22.4. The number of hydrogen-bond acceptors (Lipinski definition) is 7. The second kappa shape index (κ2) is 8.69. The molecule has 0 aliphatic carbocycles. The van der Waals surface area contributed by atoms with Crippen LogP contribution in [-0.4, -0.2) is 62.2 Å². The van der Waals surface area contributed by atoms with Crippen LogP contribution in [-0.2, 0) is 6.42 Å². The molecule has 29 heavy (non-hydrogen) atoms. The van der Waals surface area contributed by atoms with Crippen molar-refractivity contribution in [3.05, 3.63) is 45.9 Å². The summed E-state index contributed by atoms with van der Waals surface area (Å²) in [6.45, 7) is 6.77. The third-order valence-electron chi connectivity index (χ3n) is 5.08. The Kier molecular flexibility index (Phi) is 5.84. The molecule has 1 fully saturated rings. The molecular weight excluding hydrogens is 386 g/mol. The van der Waals surface area contributed by atoms with E-state index >= 15 is 0 Å². The van der Waals surface area contributed by atoms with Crippen molar-refractivity contribution in [1.82, 2.24) is 30.1 Å². The molecule has 0 unspecified atom stereocenters. The van der Waals surface area contributed by atoms with Crippen LogP contribution in [0.1, 0.15) is 40.1 Å². The predicted octanol–water partition coefficient (Wildman–Crippen LogP) is 2.73. The molecule has 0 bridgehead atoms. The van der Waals surface area contributed by atoms with E-state index in [2.05, 4.69) is 32.3 Å². The van der Waals surface area contributed by atoms with Crippen LogP contribution in [0.25, 0.3) is 5.69 Å². The first-order chi connectivity index (χ1) is 14.2. The van der Waals surface area contributed by atoms with Crippen LogP contribution in [0, 0.1) is 6.92 Å². The van der Waals surface area contributed by atoms with E-state index in [1.165, 1.54) is 0 Å². The molecule has 0 radical (unpaired) electrons. The highest BCUT2D eigenvalue weighted by Crippen LogP contribution is 2.23. The topological polar surface area (TPSA) is 80.0 Å². The number of carbonyl (C=O) groups excluding carboxylic acids is 1. The lowest BCUT2D eigenvalue weighted by Gasteiger charge is -2.34. The number of thiazole rings is 1. The number of hydrogen-bond donors (Lipinski definition) is 0. The fraction of sp³-hybridized carbons (Fsp3) is 0.450. The Hall–Kier alpha value is -2.81. The van der Waals surface area contributed by atoms with Crippen LogP contribution >= 0.6 is 11.3 Å². The molecule has 3 aromatic rings. The third kappa shape index (κ3) is 4.14. The van der Waals surface area contributed by atoms with Crippen LogP contribution in [0.15, 0.2) is 30.3 Å². The van der Waals surface area contributed by atoms with Gasteiger partial charge in [-0.15, -0.1) is 11.3 Å². The number of carbonyl (C=O) groups is 1. The lowest BCUT2D eigenvalue weighted by molar-refractivity contribution is 0.0750. The molecule has 3 heterocycles. The molecule has 1 aliphatic heterocycles. The molecule has 0 spiro atoms. The Balaban J connectivity index is 1.42. The van der Waals surface area contributed by atoms with Gasteiger partial charge in [0, 0.05) is 26.2 Å². The molecule has 1 aliphatic rings. The minimum absolute atomic E-state index is 0.0880. The minimum Gasteiger partial charge on any atom is -0.336 e. The van der Waals surface area contributed by atoms with Gasteiger partial charge in [0.05, 0.1) is 16.4 Å². The maximum Gasteiger partial charge on any atom is 0.265 e. The Bertz CT molecular complexity index is 960. The van der Waals surface area contributed by atoms with E-state index in [9.17, 15) is 4.79 Å².